The molecule has 1 N–H and O–H groups in total. The first kappa shape index (κ1) is 15.1. The van der Waals surface area contributed by atoms with Crippen molar-refractivity contribution in [2.45, 2.75) is 20.4 Å². The average molecular weight is 287 g/mol. The van der Waals surface area contributed by atoms with Gasteiger partial charge in [0.2, 0.25) is 0 Å². The number of para-hydroxylation sites is 1. The van der Waals surface area contributed by atoms with Gasteiger partial charge in [-0.1, -0.05) is 32.0 Å². The van der Waals surface area contributed by atoms with Crippen molar-refractivity contribution in [1.29, 1.82) is 0 Å². The van der Waals surface area contributed by atoms with Crippen LogP contribution in [0.4, 0.5) is 5.82 Å². The van der Waals surface area contributed by atoms with E-state index < -0.39 is 0 Å². The zero-order valence-corrected chi connectivity index (χ0v) is 12.5. The summed E-state index contributed by atoms with van der Waals surface area (Å²) in [6, 6.07) is 9.58. The van der Waals surface area contributed by atoms with Gasteiger partial charge in [-0.25, -0.2) is 4.98 Å². The van der Waals surface area contributed by atoms with Crippen LogP contribution in [-0.4, -0.2) is 22.7 Å². The van der Waals surface area contributed by atoms with Gasteiger partial charge in [-0.15, -0.1) is 0 Å². The van der Waals surface area contributed by atoms with E-state index in [1.807, 2.05) is 30.3 Å². The minimum Gasteiger partial charge on any atom is -0.492 e. The normalized spacial score (nSPS) is 10.6. The lowest BCUT2D eigenvalue weighted by Crippen LogP contribution is -2.27. The van der Waals surface area contributed by atoms with Crippen molar-refractivity contribution in [3.63, 3.8) is 0 Å². The van der Waals surface area contributed by atoms with E-state index in [1.54, 1.807) is 17.0 Å². The Morgan fingerprint density at radius 1 is 1.29 bits per heavy atom. The third-order valence-electron chi connectivity index (χ3n) is 2.88. The number of aromatic nitrogens is 2. The molecule has 0 spiro atoms. The number of ether oxygens (including phenoxy) is 1. The lowest BCUT2D eigenvalue weighted by molar-refractivity contribution is 0.332. The second kappa shape index (κ2) is 7.47. The van der Waals surface area contributed by atoms with E-state index in [1.165, 1.54) is 0 Å². The van der Waals surface area contributed by atoms with E-state index in [-0.39, 0.29) is 5.56 Å². The summed E-state index contributed by atoms with van der Waals surface area (Å²) in [7, 11) is 0. The minimum atomic E-state index is -0.0917. The average Bonchev–Trinajstić information content (AvgIpc) is 2.48. The second-order valence-electron chi connectivity index (χ2n) is 5.22. The fraction of sp³-hybridized carbons (Fsp3) is 0.375. The van der Waals surface area contributed by atoms with Crippen LogP contribution in [0.2, 0.25) is 0 Å². The Bertz CT molecular complexity index is 608. The summed E-state index contributed by atoms with van der Waals surface area (Å²) in [4.78, 5) is 16.3. The lowest BCUT2D eigenvalue weighted by atomic mass is 10.2. The highest BCUT2D eigenvalue weighted by molar-refractivity contribution is 5.30. The molecule has 0 aliphatic carbocycles. The summed E-state index contributed by atoms with van der Waals surface area (Å²) in [5, 5.41) is 3.03. The predicted molar refractivity (Wildman–Crippen MR) is 83.8 cm³/mol. The molecule has 0 saturated heterocycles. The largest absolute Gasteiger partial charge is 0.492 e. The van der Waals surface area contributed by atoms with Gasteiger partial charge in [-0.05, 0) is 18.1 Å². The Hall–Kier alpha value is -2.30. The van der Waals surface area contributed by atoms with Crippen LogP contribution in [0.25, 0.3) is 0 Å². The maximum Gasteiger partial charge on any atom is 0.293 e. The number of nitrogens with zero attached hydrogens (tertiary/aromatic N) is 2. The zero-order valence-electron chi connectivity index (χ0n) is 12.5. The molecule has 5 heteroatoms. The van der Waals surface area contributed by atoms with Crippen LogP contribution in [0.15, 0.2) is 47.5 Å². The van der Waals surface area contributed by atoms with Crippen molar-refractivity contribution >= 4 is 5.82 Å². The smallest absolute Gasteiger partial charge is 0.293 e. The van der Waals surface area contributed by atoms with Crippen molar-refractivity contribution in [2.24, 2.45) is 5.92 Å². The topological polar surface area (TPSA) is 56.1 Å². The fourth-order valence-corrected chi connectivity index (χ4v) is 1.96. The van der Waals surface area contributed by atoms with Crippen LogP contribution in [0.3, 0.4) is 0 Å². The monoisotopic (exact) mass is 287 g/mol. The molecule has 2 rings (SSSR count). The van der Waals surface area contributed by atoms with Gasteiger partial charge in [0.05, 0.1) is 6.54 Å². The summed E-state index contributed by atoms with van der Waals surface area (Å²) in [5.74, 6) is 1.60. The number of hydrogen-bond acceptors (Lipinski definition) is 4. The molecule has 0 bridgehead atoms. The molecular weight excluding hydrogens is 266 g/mol. The molecule has 0 aliphatic heterocycles. The maximum absolute atomic E-state index is 12.2. The number of anilines is 1. The predicted octanol–water partition coefficient (Wildman–Crippen LogP) is 2.39. The Labute approximate surface area is 124 Å². The molecule has 0 unspecified atom stereocenters. The van der Waals surface area contributed by atoms with E-state index in [9.17, 15) is 4.79 Å². The van der Waals surface area contributed by atoms with Crippen LogP contribution in [0.5, 0.6) is 5.75 Å². The molecule has 2 aromatic rings. The molecule has 5 nitrogen and oxygen atoms in total. The van der Waals surface area contributed by atoms with Gasteiger partial charge in [-0.3, -0.25) is 4.79 Å². The van der Waals surface area contributed by atoms with Gasteiger partial charge in [0, 0.05) is 18.9 Å². The van der Waals surface area contributed by atoms with Crippen LogP contribution in [0, 0.1) is 5.92 Å². The first-order valence-electron chi connectivity index (χ1n) is 7.14. The molecule has 0 amide bonds. The Balaban J connectivity index is 1.87. The number of benzene rings is 1. The van der Waals surface area contributed by atoms with Crippen molar-refractivity contribution in [2.75, 3.05) is 18.5 Å². The van der Waals surface area contributed by atoms with Crippen molar-refractivity contribution in [3.8, 4) is 5.75 Å². The molecule has 1 aromatic heterocycles. The highest BCUT2D eigenvalue weighted by atomic mass is 16.5. The van der Waals surface area contributed by atoms with E-state index in [0.29, 0.717) is 31.4 Å². The van der Waals surface area contributed by atoms with Gasteiger partial charge in [0.15, 0.2) is 5.82 Å². The third kappa shape index (κ3) is 4.63. The number of nitrogens with one attached hydrogen (secondary N) is 1. The van der Waals surface area contributed by atoms with E-state index in [2.05, 4.69) is 24.1 Å². The molecular formula is C16H21N3O2. The Morgan fingerprint density at radius 3 is 2.76 bits per heavy atom. The fourth-order valence-electron chi connectivity index (χ4n) is 1.96. The molecule has 1 aromatic carbocycles. The third-order valence-corrected chi connectivity index (χ3v) is 2.88. The Morgan fingerprint density at radius 2 is 2.05 bits per heavy atom. The van der Waals surface area contributed by atoms with Crippen LogP contribution in [-0.2, 0) is 6.54 Å². The SMILES string of the molecule is CC(C)Cn1ccnc(NCCOc2ccccc2)c1=O. The summed E-state index contributed by atoms with van der Waals surface area (Å²) in [5.41, 5.74) is -0.0917. The highest BCUT2D eigenvalue weighted by Gasteiger charge is 2.05. The summed E-state index contributed by atoms with van der Waals surface area (Å²) in [6.07, 6.45) is 3.36. The first-order valence-corrected chi connectivity index (χ1v) is 7.14. The molecule has 21 heavy (non-hydrogen) atoms. The van der Waals surface area contributed by atoms with Crippen LogP contribution < -0.4 is 15.6 Å². The molecule has 0 radical (unpaired) electrons. The van der Waals surface area contributed by atoms with Gasteiger partial charge >= 0.3 is 0 Å². The van der Waals surface area contributed by atoms with Crippen molar-refractivity contribution in [3.05, 3.63) is 53.1 Å². The molecule has 112 valence electrons. The maximum atomic E-state index is 12.2. The van der Waals surface area contributed by atoms with Crippen LogP contribution in [0.1, 0.15) is 13.8 Å². The number of hydrogen-bond donors (Lipinski definition) is 1. The molecule has 0 saturated carbocycles. The van der Waals surface area contributed by atoms with Crippen LogP contribution >= 0.6 is 0 Å². The molecule has 1 heterocycles. The lowest BCUT2D eigenvalue weighted by Gasteiger charge is -2.11. The number of rotatable bonds is 7. The second-order valence-corrected chi connectivity index (χ2v) is 5.22. The van der Waals surface area contributed by atoms with E-state index in [4.69, 9.17) is 4.74 Å². The standard InChI is InChI=1S/C16H21N3O2/c1-13(2)12-19-10-8-17-15(16(19)20)18-9-11-21-14-6-4-3-5-7-14/h3-8,10,13H,9,11-12H2,1-2H3,(H,17,18). The molecule has 0 fully saturated rings. The molecule has 0 atom stereocenters. The quantitative estimate of drug-likeness (QED) is 0.794. The summed E-state index contributed by atoms with van der Waals surface area (Å²) < 4.78 is 7.24. The zero-order chi connectivity index (χ0) is 15.1. The van der Waals surface area contributed by atoms with E-state index in [0.717, 1.165) is 5.75 Å². The van der Waals surface area contributed by atoms with Gasteiger partial charge in [-0.2, -0.15) is 0 Å². The first-order chi connectivity index (χ1) is 10.2. The van der Waals surface area contributed by atoms with Gasteiger partial charge in [0.1, 0.15) is 12.4 Å². The molecule has 0 aliphatic rings. The summed E-state index contributed by atoms with van der Waals surface area (Å²) >= 11 is 0. The summed E-state index contributed by atoms with van der Waals surface area (Å²) in [6.45, 7) is 5.85. The minimum absolute atomic E-state index is 0.0917. The van der Waals surface area contributed by atoms with Crippen molar-refractivity contribution < 1.29 is 4.74 Å². The highest BCUT2D eigenvalue weighted by Crippen LogP contribution is 2.07. The van der Waals surface area contributed by atoms with Gasteiger partial charge < -0.3 is 14.6 Å². The van der Waals surface area contributed by atoms with Crippen molar-refractivity contribution in [1.82, 2.24) is 9.55 Å². The Kier molecular flexibility index (Phi) is 5.37. The van der Waals surface area contributed by atoms with E-state index >= 15 is 0 Å². The van der Waals surface area contributed by atoms with Gasteiger partial charge in [0.25, 0.3) is 5.56 Å².